The molecule has 1 aliphatic heterocycles. The van der Waals surface area contributed by atoms with Crippen LogP contribution in [0.3, 0.4) is 0 Å². The quantitative estimate of drug-likeness (QED) is 0.912. The van der Waals surface area contributed by atoms with Crippen molar-refractivity contribution < 1.29 is 13.9 Å². The first-order valence-corrected chi connectivity index (χ1v) is 7.95. The van der Waals surface area contributed by atoms with Gasteiger partial charge in [-0.05, 0) is 25.0 Å². The molecule has 0 unspecified atom stereocenters. The summed E-state index contributed by atoms with van der Waals surface area (Å²) in [6.07, 6.45) is 5.07. The average Bonchev–Trinajstić information content (AvgIpc) is 3.15. The molecular weight excluding hydrogens is 313 g/mol. The summed E-state index contributed by atoms with van der Waals surface area (Å²) in [6.45, 7) is 0.749. The van der Waals surface area contributed by atoms with E-state index < -0.39 is 6.67 Å². The van der Waals surface area contributed by atoms with Gasteiger partial charge in [0.1, 0.15) is 31.7 Å². The van der Waals surface area contributed by atoms with Crippen molar-refractivity contribution in [3.8, 4) is 5.75 Å². The molecule has 2 aromatic rings. The van der Waals surface area contributed by atoms with E-state index >= 15 is 0 Å². The maximum atomic E-state index is 12.5. The van der Waals surface area contributed by atoms with E-state index in [0.717, 1.165) is 12.8 Å². The van der Waals surface area contributed by atoms with Crippen molar-refractivity contribution in [2.24, 2.45) is 0 Å². The smallest absolute Gasteiger partial charge is 0.321 e. The standard InChI is InChI=1S/C16H20FN5O2/c17-6-8-24-15-5-1-3-13(9-15)20-16(23)21-7-2-4-14(10-21)22-12-18-11-19-22/h1,3,5,9,11-12,14H,2,4,6-8,10H2,(H,20,23)/t14-/m1/s1. The highest BCUT2D eigenvalue weighted by molar-refractivity contribution is 5.89. The molecule has 3 rings (SSSR count). The zero-order chi connectivity index (χ0) is 16.8. The van der Waals surface area contributed by atoms with Gasteiger partial charge in [0.25, 0.3) is 0 Å². The number of rotatable bonds is 5. The molecule has 1 aromatic heterocycles. The largest absolute Gasteiger partial charge is 0.491 e. The van der Waals surface area contributed by atoms with Crippen molar-refractivity contribution in [3.05, 3.63) is 36.9 Å². The number of benzene rings is 1. The molecule has 0 saturated carbocycles. The van der Waals surface area contributed by atoms with Gasteiger partial charge < -0.3 is 15.0 Å². The number of piperidine rings is 1. The molecule has 1 atom stereocenters. The molecular formula is C16H20FN5O2. The minimum Gasteiger partial charge on any atom is -0.491 e. The van der Waals surface area contributed by atoms with Gasteiger partial charge in [-0.15, -0.1) is 0 Å². The van der Waals surface area contributed by atoms with Crippen LogP contribution in [0.4, 0.5) is 14.9 Å². The summed E-state index contributed by atoms with van der Waals surface area (Å²) in [5.41, 5.74) is 0.624. The van der Waals surface area contributed by atoms with Crippen LogP contribution in [-0.2, 0) is 0 Å². The molecule has 1 fully saturated rings. The molecule has 0 bridgehead atoms. The number of halogens is 1. The number of hydrogen-bond acceptors (Lipinski definition) is 4. The van der Waals surface area contributed by atoms with Crippen molar-refractivity contribution in [1.82, 2.24) is 19.7 Å². The van der Waals surface area contributed by atoms with Crippen LogP contribution in [-0.4, -0.2) is 52.1 Å². The van der Waals surface area contributed by atoms with Crippen molar-refractivity contribution >= 4 is 11.7 Å². The third kappa shape index (κ3) is 4.01. The van der Waals surface area contributed by atoms with Crippen molar-refractivity contribution in [2.45, 2.75) is 18.9 Å². The van der Waals surface area contributed by atoms with E-state index in [1.807, 2.05) is 0 Å². The molecule has 1 aliphatic rings. The second-order valence-electron chi connectivity index (χ2n) is 5.61. The predicted molar refractivity (Wildman–Crippen MR) is 86.8 cm³/mol. The fourth-order valence-corrected chi connectivity index (χ4v) is 2.78. The first-order valence-electron chi connectivity index (χ1n) is 7.95. The van der Waals surface area contributed by atoms with Crippen molar-refractivity contribution in [1.29, 1.82) is 0 Å². The highest BCUT2D eigenvalue weighted by atomic mass is 19.1. The number of carbonyl (C=O) groups is 1. The number of nitrogens with zero attached hydrogens (tertiary/aromatic N) is 4. The van der Waals surface area contributed by atoms with Gasteiger partial charge >= 0.3 is 6.03 Å². The molecule has 1 aromatic carbocycles. The van der Waals surface area contributed by atoms with Gasteiger partial charge in [-0.2, -0.15) is 5.10 Å². The molecule has 2 amide bonds. The molecule has 0 aliphatic carbocycles. The Balaban J connectivity index is 1.60. The van der Waals surface area contributed by atoms with Crippen LogP contribution < -0.4 is 10.1 Å². The number of carbonyl (C=O) groups excluding carboxylic acids is 1. The Morgan fingerprint density at radius 1 is 1.46 bits per heavy atom. The zero-order valence-electron chi connectivity index (χ0n) is 13.3. The number of urea groups is 1. The molecule has 24 heavy (non-hydrogen) atoms. The Labute approximate surface area is 139 Å². The van der Waals surface area contributed by atoms with Crippen LogP contribution in [0.1, 0.15) is 18.9 Å². The normalized spacial score (nSPS) is 17.5. The summed E-state index contributed by atoms with van der Waals surface area (Å²) in [7, 11) is 0. The number of amides is 2. The lowest BCUT2D eigenvalue weighted by atomic mass is 10.1. The second kappa shape index (κ2) is 7.76. The van der Waals surface area contributed by atoms with Gasteiger partial charge in [0.05, 0.1) is 6.04 Å². The summed E-state index contributed by atoms with van der Waals surface area (Å²) in [5, 5.41) is 7.02. The van der Waals surface area contributed by atoms with Gasteiger partial charge in [-0.25, -0.2) is 18.9 Å². The van der Waals surface area contributed by atoms with Gasteiger partial charge in [0, 0.05) is 24.8 Å². The summed E-state index contributed by atoms with van der Waals surface area (Å²) >= 11 is 0. The Kier molecular flexibility index (Phi) is 5.25. The van der Waals surface area contributed by atoms with Crippen LogP contribution in [0.25, 0.3) is 0 Å². The first-order chi connectivity index (χ1) is 11.8. The van der Waals surface area contributed by atoms with E-state index in [9.17, 15) is 9.18 Å². The van der Waals surface area contributed by atoms with Gasteiger partial charge in [-0.3, -0.25) is 0 Å². The molecule has 1 saturated heterocycles. The number of likely N-dealkylation sites (tertiary alicyclic amines) is 1. The van der Waals surface area contributed by atoms with Crippen molar-refractivity contribution in [3.63, 3.8) is 0 Å². The Hall–Kier alpha value is -2.64. The summed E-state index contributed by atoms with van der Waals surface area (Å²) < 4.78 is 19.2. The van der Waals surface area contributed by atoms with E-state index in [0.29, 0.717) is 24.5 Å². The highest BCUT2D eigenvalue weighted by Gasteiger charge is 2.25. The predicted octanol–water partition coefficient (Wildman–Crippen LogP) is 2.50. The van der Waals surface area contributed by atoms with E-state index in [1.54, 1.807) is 40.2 Å². The van der Waals surface area contributed by atoms with Crippen LogP contribution in [0.15, 0.2) is 36.9 Å². The average molecular weight is 333 g/mol. The van der Waals surface area contributed by atoms with Gasteiger partial charge in [0.15, 0.2) is 0 Å². The fourth-order valence-electron chi connectivity index (χ4n) is 2.78. The molecule has 0 spiro atoms. The molecule has 1 N–H and O–H groups in total. The number of hydrogen-bond donors (Lipinski definition) is 1. The summed E-state index contributed by atoms with van der Waals surface area (Å²) in [6, 6.07) is 6.93. The minimum atomic E-state index is -0.548. The number of aromatic nitrogens is 3. The molecule has 0 radical (unpaired) electrons. The molecule has 8 heteroatoms. The van der Waals surface area contributed by atoms with Gasteiger partial charge in [-0.1, -0.05) is 6.07 Å². The maximum absolute atomic E-state index is 12.5. The number of alkyl halides is 1. The monoisotopic (exact) mass is 333 g/mol. The van der Waals surface area contributed by atoms with E-state index in [2.05, 4.69) is 15.4 Å². The Morgan fingerprint density at radius 2 is 2.38 bits per heavy atom. The lowest BCUT2D eigenvalue weighted by Crippen LogP contribution is -2.43. The second-order valence-corrected chi connectivity index (χ2v) is 5.61. The maximum Gasteiger partial charge on any atom is 0.321 e. The minimum absolute atomic E-state index is 0.00309. The third-order valence-corrected chi connectivity index (χ3v) is 3.93. The third-order valence-electron chi connectivity index (χ3n) is 3.93. The number of anilines is 1. The van der Waals surface area contributed by atoms with Crippen LogP contribution in [0.2, 0.25) is 0 Å². The summed E-state index contributed by atoms with van der Waals surface area (Å²) in [5.74, 6) is 0.532. The molecule has 7 nitrogen and oxygen atoms in total. The SMILES string of the molecule is O=C(Nc1cccc(OCCF)c1)N1CCC[C@@H](n2cncn2)C1. The topological polar surface area (TPSA) is 72.3 Å². The van der Waals surface area contributed by atoms with Crippen LogP contribution in [0.5, 0.6) is 5.75 Å². The van der Waals surface area contributed by atoms with E-state index in [-0.39, 0.29) is 18.7 Å². The number of ether oxygens (including phenoxy) is 1. The van der Waals surface area contributed by atoms with E-state index in [1.165, 1.54) is 6.33 Å². The fraction of sp³-hybridized carbons (Fsp3) is 0.438. The summed E-state index contributed by atoms with van der Waals surface area (Å²) in [4.78, 5) is 18.2. The van der Waals surface area contributed by atoms with Gasteiger partial charge in [0.2, 0.25) is 0 Å². The lowest BCUT2D eigenvalue weighted by molar-refractivity contribution is 0.174. The molecule has 2 heterocycles. The molecule has 128 valence electrons. The van der Waals surface area contributed by atoms with E-state index in [4.69, 9.17) is 4.74 Å². The zero-order valence-corrected chi connectivity index (χ0v) is 13.3. The van der Waals surface area contributed by atoms with Crippen molar-refractivity contribution in [2.75, 3.05) is 31.7 Å². The van der Waals surface area contributed by atoms with Crippen LogP contribution >= 0.6 is 0 Å². The Morgan fingerprint density at radius 3 is 3.17 bits per heavy atom. The number of nitrogens with one attached hydrogen (secondary N) is 1. The van der Waals surface area contributed by atoms with Crippen LogP contribution in [0, 0.1) is 0 Å². The Bertz CT molecular complexity index is 664. The highest BCUT2D eigenvalue weighted by Crippen LogP contribution is 2.22. The first kappa shape index (κ1) is 16.2. The lowest BCUT2D eigenvalue weighted by Gasteiger charge is -2.32.